The van der Waals surface area contributed by atoms with E-state index >= 15 is 0 Å². The summed E-state index contributed by atoms with van der Waals surface area (Å²) in [6.07, 6.45) is 1.46. The number of hydrogen-bond acceptors (Lipinski definition) is 5. The molecular weight excluding hydrogens is 184 g/mol. The maximum absolute atomic E-state index is 9.96. The van der Waals surface area contributed by atoms with Gasteiger partial charge in [0.25, 0.3) is 10.1 Å². The predicted octanol–water partition coefficient (Wildman–Crippen LogP) is 0.162. The van der Waals surface area contributed by atoms with E-state index in [1.807, 2.05) is 0 Å². The Morgan fingerprint density at radius 2 is 1.67 bits per heavy atom. The third kappa shape index (κ3) is 16.2. The fraction of sp³-hybridized carbons (Fsp3) is 0.833. The largest absolute Gasteiger partial charge is 0.469 e. The molecule has 0 saturated heterocycles. The molecule has 0 atom stereocenters. The Morgan fingerprint density at radius 1 is 1.33 bits per heavy atom. The van der Waals surface area contributed by atoms with Crippen LogP contribution < -0.4 is 0 Å². The fourth-order valence-electron chi connectivity index (χ4n) is 0.144. The molecule has 0 aromatic carbocycles. The first-order valence-corrected chi connectivity index (χ1v) is 5.01. The number of esters is 1. The summed E-state index contributed by atoms with van der Waals surface area (Å²) in [5.41, 5.74) is 0. The van der Waals surface area contributed by atoms with Crippen LogP contribution in [0.5, 0.6) is 0 Å². The van der Waals surface area contributed by atoms with E-state index in [4.69, 9.17) is 0 Å². The van der Waals surface area contributed by atoms with Crippen LogP contribution in [0, 0.1) is 0 Å². The van der Waals surface area contributed by atoms with Gasteiger partial charge in [-0.25, -0.2) is 0 Å². The predicted molar refractivity (Wildman–Crippen MR) is 44.2 cm³/mol. The molecule has 6 heteroatoms. The Bertz CT molecular complexity index is 200. The molecule has 0 unspecified atom stereocenters. The van der Waals surface area contributed by atoms with Crippen molar-refractivity contribution in [3.05, 3.63) is 0 Å². The lowest BCUT2D eigenvalue weighted by Crippen LogP contribution is -1.95. The molecule has 0 aliphatic rings. The van der Waals surface area contributed by atoms with Crippen molar-refractivity contribution >= 4 is 16.1 Å². The topological polar surface area (TPSA) is 69.7 Å². The normalized spacial score (nSPS) is 9.67. The van der Waals surface area contributed by atoms with Crippen LogP contribution in [0.15, 0.2) is 0 Å². The van der Waals surface area contributed by atoms with E-state index in [1.54, 1.807) is 6.92 Å². The summed E-state index contributed by atoms with van der Waals surface area (Å²) in [5.74, 6) is -0.157. The zero-order valence-corrected chi connectivity index (χ0v) is 8.47. The molecule has 74 valence electrons. The van der Waals surface area contributed by atoms with Crippen LogP contribution >= 0.6 is 0 Å². The van der Waals surface area contributed by atoms with Crippen LogP contribution in [0.25, 0.3) is 0 Å². The third-order valence-electron chi connectivity index (χ3n) is 0.819. The molecule has 0 amide bonds. The second-order valence-electron chi connectivity index (χ2n) is 1.80. The third-order valence-corrected chi connectivity index (χ3v) is 1.42. The Morgan fingerprint density at radius 3 is 1.67 bits per heavy atom. The second-order valence-corrected chi connectivity index (χ2v) is 3.54. The molecule has 0 aliphatic carbocycles. The number of ether oxygens (including phenoxy) is 1. The molecule has 0 rings (SSSR count). The minimum absolute atomic E-state index is 0.157. The lowest BCUT2D eigenvalue weighted by molar-refractivity contribution is -0.140. The maximum Gasteiger partial charge on any atom is 0.305 e. The second kappa shape index (κ2) is 7.05. The van der Waals surface area contributed by atoms with Crippen molar-refractivity contribution in [1.82, 2.24) is 0 Å². The molecular formula is C6H14O5S. The Labute approximate surface area is 72.8 Å². The Kier molecular flexibility index (Phi) is 8.19. The zero-order chi connectivity index (χ0) is 10.2. The fourth-order valence-corrected chi connectivity index (χ4v) is 0.144. The van der Waals surface area contributed by atoms with E-state index in [-0.39, 0.29) is 5.97 Å². The molecule has 0 saturated carbocycles. The van der Waals surface area contributed by atoms with Gasteiger partial charge in [0.1, 0.15) is 0 Å². The van der Waals surface area contributed by atoms with E-state index in [0.717, 1.165) is 13.4 Å². The first-order chi connectivity index (χ1) is 5.37. The van der Waals surface area contributed by atoms with Crippen molar-refractivity contribution in [2.24, 2.45) is 0 Å². The molecule has 12 heavy (non-hydrogen) atoms. The van der Waals surface area contributed by atoms with Crippen molar-refractivity contribution in [2.45, 2.75) is 13.3 Å². The van der Waals surface area contributed by atoms with Gasteiger partial charge in [-0.05, 0) is 0 Å². The van der Waals surface area contributed by atoms with Gasteiger partial charge in [0.05, 0.1) is 20.5 Å². The van der Waals surface area contributed by atoms with Crippen molar-refractivity contribution in [3.63, 3.8) is 0 Å². The van der Waals surface area contributed by atoms with Gasteiger partial charge < -0.3 is 4.74 Å². The average molecular weight is 198 g/mol. The lowest BCUT2D eigenvalue weighted by atomic mass is 10.5. The summed E-state index contributed by atoms with van der Waals surface area (Å²) in [6.45, 7) is 1.76. The standard InChI is InChI=1S/C4H8O2.C2H6O3S/c1-3-4(5)6-2;1-5-6(2,3)4/h3H2,1-2H3;1-2H3. The summed E-state index contributed by atoms with van der Waals surface area (Å²) >= 11 is 0. The van der Waals surface area contributed by atoms with Gasteiger partial charge in [-0.1, -0.05) is 6.92 Å². The maximum atomic E-state index is 9.96. The molecule has 5 nitrogen and oxygen atoms in total. The average Bonchev–Trinajstić information content (AvgIpc) is 2.03. The van der Waals surface area contributed by atoms with E-state index in [9.17, 15) is 13.2 Å². The van der Waals surface area contributed by atoms with Crippen LogP contribution in [0.1, 0.15) is 13.3 Å². The minimum atomic E-state index is -3.16. The summed E-state index contributed by atoms with van der Waals surface area (Å²) in [4.78, 5) is 9.96. The van der Waals surface area contributed by atoms with Gasteiger partial charge in [0.2, 0.25) is 0 Å². The van der Waals surface area contributed by atoms with Gasteiger partial charge in [-0.3, -0.25) is 8.98 Å². The number of carbonyl (C=O) groups excluding carboxylic acids is 1. The molecule has 0 radical (unpaired) electrons. The Balaban J connectivity index is 0. The highest BCUT2D eigenvalue weighted by Gasteiger charge is 1.90. The first-order valence-electron chi connectivity index (χ1n) is 3.19. The molecule has 0 aromatic rings. The highest BCUT2D eigenvalue weighted by atomic mass is 32.2. The molecule has 0 bridgehead atoms. The van der Waals surface area contributed by atoms with Crippen LogP contribution in [0.3, 0.4) is 0 Å². The molecule has 0 aliphatic heterocycles. The molecule has 0 spiro atoms. The van der Waals surface area contributed by atoms with Crippen molar-refractivity contribution in [1.29, 1.82) is 0 Å². The minimum Gasteiger partial charge on any atom is -0.469 e. The highest BCUT2D eigenvalue weighted by Crippen LogP contribution is 1.76. The van der Waals surface area contributed by atoms with E-state index in [2.05, 4.69) is 8.92 Å². The number of methoxy groups -OCH3 is 1. The molecule has 0 fully saturated rings. The smallest absolute Gasteiger partial charge is 0.305 e. The van der Waals surface area contributed by atoms with Gasteiger partial charge in [-0.2, -0.15) is 8.42 Å². The van der Waals surface area contributed by atoms with Gasteiger partial charge in [-0.15, -0.1) is 0 Å². The van der Waals surface area contributed by atoms with E-state index < -0.39 is 10.1 Å². The lowest BCUT2D eigenvalue weighted by Gasteiger charge is -1.87. The van der Waals surface area contributed by atoms with Crippen LogP contribution in [-0.4, -0.2) is 34.9 Å². The molecule has 0 aromatic heterocycles. The van der Waals surface area contributed by atoms with Crippen LogP contribution in [-0.2, 0) is 23.8 Å². The summed E-state index contributed by atoms with van der Waals surface area (Å²) in [7, 11) is -0.661. The monoisotopic (exact) mass is 198 g/mol. The van der Waals surface area contributed by atoms with E-state index in [0.29, 0.717) is 6.42 Å². The van der Waals surface area contributed by atoms with Crippen molar-refractivity contribution < 1.29 is 22.1 Å². The quantitative estimate of drug-likeness (QED) is 0.467. The summed E-state index contributed by atoms with van der Waals surface area (Å²) < 4.78 is 27.7. The number of carbonyl (C=O) groups is 1. The van der Waals surface area contributed by atoms with Gasteiger partial charge in [0, 0.05) is 6.42 Å². The van der Waals surface area contributed by atoms with Crippen molar-refractivity contribution in [3.8, 4) is 0 Å². The first kappa shape index (κ1) is 13.9. The van der Waals surface area contributed by atoms with Crippen LogP contribution in [0.4, 0.5) is 0 Å². The van der Waals surface area contributed by atoms with E-state index in [1.165, 1.54) is 7.11 Å². The number of hydrogen-bond donors (Lipinski definition) is 0. The zero-order valence-electron chi connectivity index (χ0n) is 7.66. The Hall–Kier alpha value is -0.620. The SMILES string of the molecule is CCC(=O)OC.COS(C)(=O)=O. The number of rotatable bonds is 2. The summed E-state index contributed by atoms with van der Waals surface area (Å²) in [6, 6.07) is 0. The molecule has 0 heterocycles. The van der Waals surface area contributed by atoms with Crippen molar-refractivity contribution in [2.75, 3.05) is 20.5 Å². The van der Waals surface area contributed by atoms with Gasteiger partial charge >= 0.3 is 5.97 Å². The van der Waals surface area contributed by atoms with Crippen LogP contribution in [0.2, 0.25) is 0 Å². The molecule has 0 N–H and O–H groups in total. The summed E-state index contributed by atoms with van der Waals surface area (Å²) in [5, 5.41) is 0. The highest BCUT2D eigenvalue weighted by molar-refractivity contribution is 7.85. The van der Waals surface area contributed by atoms with Gasteiger partial charge in [0.15, 0.2) is 0 Å².